The van der Waals surface area contributed by atoms with Crippen LogP contribution in [0.1, 0.15) is 111 Å². The first-order valence-corrected chi connectivity index (χ1v) is 27.3. The van der Waals surface area contributed by atoms with Crippen molar-refractivity contribution in [1.29, 1.82) is 0 Å². The normalized spacial score (nSPS) is 22.0. The maximum atomic E-state index is 14.6. The van der Waals surface area contributed by atoms with Gasteiger partial charge in [-0.3, -0.25) is 28.8 Å². The van der Waals surface area contributed by atoms with E-state index >= 15 is 0 Å². The summed E-state index contributed by atoms with van der Waals surface area (Å²) in [5, 5.41) is 6.94. The molecule has 10 atom stereocenters. The number of halogens is 6. The molecule has 0 aliphatic carbocycles. The van der Waals surface area contributed by atoms with Crippen molar-refractivity contribution in [3.8, 4) is 35.5 Å². The van der Waals surface area contributed by atoms with Crippen molar-refractivity contribution >= 4 is 58.6 Å². The summed E-state index contributed by atoms with van der Waals surface area (Å²) in [5.41, 5.74) is 0.295. The van der Waals surface area contributed by atoms with Crippen molar-refractivity contribution in [2.45, 2.75) is 130 Å². The van der Waals surface area contributed by atoms with Gasteiger partial charge < -0.3 is 30.2 Å². The Balaban J connectivity index is 1.18. The molecule has 3 aromatic carbocycles. The van der Waals surface area contributed by atoms with Gasteiger partial charge in [-0.1, -0.05) is 96.4 Å². The maximum absolute atomic E-state index is 14.6. The highest BCUT2D eigenvalue weighted by molar-refractivity contribution is 6.30. The third kappa shape index (κ3) is 15.8. The number of likely N-dealkylation sites (N-methyl/N-ethyl adjacent to an activating group) is 1. The second kappa shape index (κ2) is 26.9. The van der Waals surface area contributed by atoms with E-state index in [1.165, 1.54) is 26.8 Å². The van der Waals surface area contributed by atoms with Gasteiger partial charge in [-0.15, -0.1) is 0 Å². The summed E-state index contributed by atoms with van der Waals surface area (Å²) in [7, 11) is 1.68. The van der Waals surface area contributed by atoms with Crippen LogP contribution in [0.4, 0.5) is 17.6 Å². The molecule has 0 saturated carbocycles. The van der Waals surface area contributed by atoms with Crippen molar-refractivity contribution in [1.82, 2.24) is 30.2 Å². The number of carbonyl (C=O) groups is 6. The number of hydrogen-bond acceptors (Lipinski definition) is 6. The zero-order valence-corrected chi connectivity index (χ0v) is 47.0. The van der Waals surface area contributed by atoms with Crippen LogP contribution in [0.2, 0.25) is 10.0 Å². The lowest BCUT2D eigenvalue weighted by Crippen LogP contribution is -2.63. The summed E-state index contributed by atoms with van der Waals surface area (Å²) >= 11 is 12.0. The smallest absolute Gasteiger partial charge is 0.299 e. The van der Waals surface area contributed by atoms with E-state index in [9.17, 15) is 46.3 Å². The van der Waals surface area contributed by atoms with E-state index in [4.69, 9.17) is 23.2 Å². The average molecular weight is 1120 g/mol. The summed E-state index contributed by atoms with van der Waals surface area (Å²) in [5.74, 6) is 7.03. The number of rotatable bonds is 14. The third-order valence-electron chi connectivity index (χ3n) is 15.2. The molecule has 6 unspecified atom stereocenters. The second-order valence-corrected chi connectivity index (χ2v) is 23.1. The van der Waals surface area contributed by atoms with Gasteiger partial charge in [-0.05, 0) is 129 Å². The van der Waals surface area contributed by atoms with Gasteiger partial charge in [0.15, 0.2) is 17.5 Å². The van der Waals surface area contributed by atoms with Crippen molar-refractivity contribution in [3.05, 3.63) is 105 Å². The molecule has 0 bridgehead atoms. The first-order chi connectivity index (χ1) is 36.8. The van der Waals surface area contributed by atoms with Crippen LogP contribution in [0, 0.1) is 94.3 Å². The Morgan fingerprint density at radius 2 is 0.987 bits per heavy atom. The van der Waals surface area contributed by atoms with Crippen LogP contribution in [-0.2, 0) is 28.8 Å². The van der Waals surface area contributed by atoms with Gasteiger partial charge in [-0.2, -0.15) is 0 Å². The number of nitrogens with one attached hydrogen (secondary N) is 2. The fourth-order valence-electron chi connectivity index (χ4n) is 10.5. The molecule has 6 rings (SSSR count). The van der Waals surface area contributed by atoms with Crippen molar-refractivity contribution < 1.29 is 46.3 Å². The Bertz CT molecular complexity index is 2920. The largest absolute Gasteiger partial charge is 0.350 e. The van der Waals surface area contributed by atoms with Gasteiger partial charge in [0.05, 0.1) is 5.56 Å². The number of benzene rings is 3. The molecule has 78 heavy (non-hydrogen) atoms. The number of nitrogens with zero attached hydrogens (tertiary/aromatic N) is 4. The molecule has 6 amide bonds. The summed E-state index contributed by atoms with van der Waals surface area (Å²) in [6.45, 7) is 16.2. The molecule has 3 aliphatic heterocycles. The summed E-state index contributed by atoms with van der Waals surface area (Å²) < 4.78 is 56.2. The van der Waals surface area contributed by atoms with Crippen molar-refractivity contribution in [3.63, 3.8) is 0 Å². The van der Waals surface area contributed by atoms with Gasteiger partial charge in [0.1, 0.15) is 23.9 Å². The SMILES string of the molecule is CC(C)C[C@H]1CN(C(=O)C#Cc2ccc(Cl)cc2F)[C@@H](CC(C)C(C)CC2CN(C(=O)C#Cc3ccc(Cl)cc3)C(CC(C)C(C)C[C@H]3CN(C(=O)C#Cc4cc(F)c(F)c(F)c4)[C@@H](CC(C)C)C(=O)N3C)C(=O)N2)C(=O)N1. The lowest BCUT2D eigenvalue weighted by molar-refractivity contribution is -0.152. The van der Waals surface area contributed by atoms with Gasteiger partial charge in [0.2, 0.25) is 17.7 Å². The van der Waals surface area contributed by atoms with Crippen molar-refractivity contribution in [2.24, 2.45) is 35.5 Å². The molecule has 12 nitrogen and oxygen atoms in total. The molecule has 416 valence electrons. The molecule has 3 saturated heterocycles. The fourth-order valence-corrected chi connectivity index (χ4v) is 10.7. The highest BCUT2D eigenvalue weighted by Crippen LogP contribution is 2.32. The lowest BCUT2D eigenvalue weighted by atomic mass is 9.81. The van der Waals surface area contributed by atoms with Crippen LogP contribution in [0.15, 0.2) is 54.6 Å². The van der Waals surface area contributed by atoms with Crippen molar-refractivity contribution in [2.75, 3.05) is 26.7 Å². The van der Waals surface area contributed by atoms with Gasteiger partial charge in [-0.25, -0.2) is 17.6 Å². The molecule has 3 aliphatic rings. The van der Waals surface area contributed by atoms with E-state index < -0.39 is 71.2 Å². The Hall–Kier alpha value is -6.54. The minimum absolute atomic E-state index is 0.00571. The van der Waals surface area contributed by atoms with Crippen LogP contribution in [-0.4, -0.2) is 118 Å². The molecule has 3 aromatic rings. The summed E-state index contributed by atoms with van der Waals surface area (Å²) in [6, 6.07) is 8.07. The third-order valence-corrected chi connectivity index (χ3v) is 15.7. The zero-order chi connectivity index (χ0) is 57.3. The van der Waals surface area contributed by atoms with E-state index in [2.05, 4.69) is 46.2 Å². The fraction of sp³-hybridized carbons (Fsp3) is 0.500. The minimum Gasteiger partial charge on any atom is -0.350 e. The second-order valence-electron chi connectivity index (χ2n) is 22.2. The molecule has 2 N–H and O–H groups in total. The average Bonchev–Trinajstić information content (AvgIpc) is 3.40. The van der Waals surface area contributed by atoms with E-state index in [-0.39, 0.29) is 108 Å². The predicted molar refractivity (Wildman–Crippen MR) is 291 cm³/mol. The van der Waals surface area contributed by atoms with E-state index in [1.54, 1.807) is 36.2 Å². The molecule has 0 radical (unpaired) electrons. The van der Waals surface area contributed by atoms with E-state index in [0.717, 1.165) is 6.07 Å². The van der Waals surface area contributed by atoms with Crippen LogP contribution in [0.5, 0.6) is 0 Å². The minimum atomic E-state index is -1.66. The lowest BCUT2D eigenvalue weighted by Gasteiger charge is -2.45. The topological polar surface area (TPSA) is 139 Å². The van der Waals surface area contributed by atoms with Crippen LogP contribution in [0.3, 0.4) is 0 Å². The van der Waals surface area contributed by atoms with E-state index in [0.29, 0.717) is 48.4 Å². The van der Waals surface area contributed by atoms with Crippen LogP contribution < -0.4 is 10.6 Å². The van der Waals surface area contributed by atoms with Crippen LogP contribution in [0.25, 0.3) is 0 Å². The first kappa shape index (κ1) is 60.7. The van der Waals surface area contributed by atoms with Gasteiger partial charge in [0.25, 0.3) is 17.7 Å². The Morgan fingerprint density at radius 3 is 1.50 bits per heavy atom. The standard InChI is InChI=1S/C60H68Cl2F4N6O6/c1-34(2)22-45-31-70(56(75)21-15-42-14-18-44(62)30-48(42)63)51(58(76)67-45)26-38(7)36(5)24-46-32-71(54(73)19-12-40-10-16-43(61)17-11-40)52(59(77)68-46)27-39(8)37(6)25-47-33-72(53(23-35(3)4)60(78)69(47)9)55(74)20-13-41-28-49(64)57(66)50(65)29-41/h10-11,14,16-18,28-30,34-39,45-47,51-53H,22-27,31-33H2,1-9H3,(H,67,76)(H,68,77)/t36?,37?,38?,39?,45-,46?,47-,51-,52?,53-/m0/s1. The van der Waals surface area contributed by atoms with E-state index in [1.807, 2.05) is 55.4 Å². The Kier molecular flexibility index (Phi) is 20.9. The quantitative estimate of drug-likeness (QED) is 0.0942. The highest BCUT2D eigenvalue weighted by Gasteiger charge is 2.44. The molecular formula is C60H68Cl2F4N6O6. The maximum Gasteiger partial charge on any atom is 0.299 e. The van der Waals surface area contributed by atoms with Gasteiger partial charge >= 0.3 is 0 Å². The Labute approximate surface area is 465 Å². The number of carbonyl (C=O) groups excluding carboxylic acids is 6. The molecule has 3 fully saturated rings. The predicted octanol–water partition coefficient (Wildman–Crippen LogP) is 8.63. The van der Waals surface area contributed by atoms with Gasteiger partial charge in [0, 0.05) is 83.7 Å². The molecule has 18 heteroatoms. The summed E-state index contributed by atoms with van der Waals surface area (Å²) in [6.07, 6.45) is 2.25. The number of amides is 6. The Morgan fingerprint density at radius 1 is 0.538 bits per heavy atom. The zero-order valence-electron chi connectivity index (χ0n) is 45.5. The molecular weight excluding hydrogens is 1050 g/mol. The number of hydrogen-bond donors (Lipinski definition) is 2. The molecule has 3 heterocycles. The summed E-state index contributed by atoms with van der Waals surface area (Å²) in [4.78, 5) is 90.0. The monoisotopic (exact) mass is 1110 g/mol. The number of piperazine rings is 3. The molecule has 0 aromatic heterocycles. The highest BCUT2D eigenvalue weighted by atomic mass is 35.5. The first-order valence-electron chi connectivity index (χ1n) is 26.5. The molecule has 0 spiro atoms. The van der Waals surface area contributed by atoms with Crippen LogP contribution >= 0.6 is 23.2 Å².